The molecule has 2 N–H and O–H groups in total. The molecule has 0 radical (unpaired) electrons. The molecular formula is C23H25FN4O5. The summed E-state index contributed by atoms with van der Waals surface area (Å²) in [5.74, 6) is -0.692. The monoisotopic (exact) mass is 456 g/mol. The summed E-state index contributed by atoms with van der Waals surface area (Å²) >= 11 is 0. The van der Waals surface area contributed by atoms with E-state index in [0.29, 0.717) is 24.5 Å². The number of halogens is 1. The Morgan fingerprint density at radius 1 is 1.15 bits per heavy atom. The number of nitrogens with one attached hydrogen (secondary N) is 2. The molecule has 9 nitrogen and oxygen atoms in total. The molecule has 0 aromatic heterocycles. The first kappa shape index (κ1) is 22.4. The predicted molar refractivity (Wildman–Crippen MR) is 118 cm³/mol. The molecule has 2 aliphatic heterocycles. The highest BCUT2D eigenvalue weighted by Gasteiger charge is 2.34. The number of cyclic esters (lactones) is 1. The van der Waals surface area contributed by atoms with Gasteiger partial charge in [0.2, 0.25) is 5.91 Å². The molecule has 1 atom stereocenters. The van der Waals surface area contributed by atoms with Crippen molar-refractivity contribution in [2.75, 3.05) is 36.0 Å². The van der Waals surface area contributed by atoms with Crippen molar-refractivity contribution in [3.8, 4) is 0 Å². The highest BCUT2D eigenvalue weighted by Crippen LogP contribution is 2.30. The molecule has 2 aromatic carbocycles. The van der Waals surface area contributed by atoms with Crippen LogP contribution in [0.5, 0.6) is 0 Å². The molecule has 2 aromatic rings. The third-order valence-corrected chi connectivity index (χ3v) is 5.45. The predicted octanol–water partition coefficient (Wildman–Crippen LogP) is 2.40. The van der Waals surface area contributed by atoms with Gasteiger partial charge in [0, 0.05) is 20.0 Å². The second-order valence-corrected chi connectivity index (χ2v) is 8.00. The van der Waals surface area contributed by atoms with E-state index in [-0.39, 0.29) is 31.6 Å². The molecule has 2 heterocycles. The lowest BCUT2D eigenvalue weighted by molar-refractivity contribution is -0.119. The molecule has 33 heavy (non-hydrogen) atoms. The van der Waals surface area contributed by atoms with Crippen LogP contribution in [0.3, 0.4) is 0 Å². The first-order valence-electron chi connectivity index (χ1n) is 10.6. The van der Waals surface area contributed by atoms with Gasteiger partial charge in [-0.05, 0) is 23.8 Å². The molecule has 0 spiro atoms. The van der Waals surface area contributed by atoms with Crippen molar-refractivity contribution in [3.63, 3.8) is 0 Å². The van der Waals surface area contributed by atoms with Crippen LogP contribution in [0.4, 0.5) is 25.4 Å². The SMILES string of the molecule is CC(=O)NC[C@H]1CN(c2ccc(N3CC(NC(=O)OCc4ccccc4)C3)c(F)c2)C(=O)O1. The molecule has 2 aliphatic rings. The van der Waals surface area contributed by atoms with Crippen LogP contribution >= 0.6 is 0 Å². The number of amides is 3. The normalized spacial score (nSPS) is 17.9. The number of rotatable bonds is 7. The zero-order chi connectivity index (χ0) is 23.4. The topological polar surface area (TPSA) is 100 Å². The van der Waals surface area contributed by atoms with E-state index in [4.69, 9.17) is 9.47 Å². The number of nitrogens with zero attached hydrogens (tertiary/aromatic N) is 2. The molecular weight excluding hydrogens is 431 g/mol. The molecule has 0 unspecified atom stereocenters. The van der Waals surface area contributed by atoms with Crippen molar-refractivity contribution in [2.24, 2.45) is 0 Å². The van der Waals surface area contributed by atoms with Crippen LogP contribution in [-0.2, 0) is 20.9 Å². The van der Waals surface area contributed by atoms with Crippen LogP contribution in [0.2, 0.25) is 0 Å². The number of ether oxygens (including phenoxy) is 2. The van der Waals surface area contributed by atoms with Gasteiger partial charge in [0.1, 0.15) is 18.5 Å². The van der Waals surface area contributed by atoms with E-state index in [1.165, 1.54) is 17.9 Å². The zero-order valence-corrected chi connectivity index (χ0v) is 18.1. The molecule has 10 heteroatoms. The third-order valence-electron chi connectivity index (χ3n) is 5.45. The largest absolute Gasteiger partial charge is 0.445 e. The second-order valence-electron chi connectivity index (χ2n) is 8.00. The highest BCUT2D eigenvalue weighted by atomic mass is 19.1. The molecule has 174 valence electrons. The summed E-state index contributed by atoms with van der Waals surface area (Å²) in [6.07, 6.45) is -1.59. The maximum absolute atomic E-state index is 14.8. The second kappa shape index (κ2) is 9.76. The van der Waals surface area contributed by atoms with Crippen LogP contribution in [-0.4, -0.2) is 56.4 Å². The summed E-state index contributed by atoms with van der Waals surface area (Å²) in [4.78, 5) is 38.3. The van der Waals surface area contributed by atoms with Gasteiger partial charge in [-0.25, -0.2) is 14.0 Å². The average molecular weight is 456 g/mol. The third kappa shape index (κ3) is 5.51. The number of alkyl carbamates (subject to hydrolysis) is 1. The minimum absolute atomic E-state index is 0.143. The van der Waals surface area contributed by atoms with E-state index < -0.39 is 24.1 Å². The number of anilines is 2. The Labute approximate surface area is 190 Å². The van der Waals surface area contributed by atoms with E-state index in [0.717, 1.165) is 5.56 Å². The lowest BCUT2D eigenvalue weighted by Gasteiger charge is -2.41. The number of carbonyl (C=O) groups is 3. The Morgan fingerprint density at radius 2 is 1.91 bits per heavy atom. The summed E-state index contributed by atoms with van der Waals surface area (Å²) in [7, 11) is 0. The van der Waals surface area contributed by atoms with Crippen molar-refractivity contribution in [3.05, 3.63) is 59.9 Å². The Kier molecular flexibility index (Phi) is 6.62. The summed E-state index contributed by atoms with van der Waals surface area (Å²) < 4.78 is 25.2. The fourth-order valence-corrected chi connectivity index (χ4v) is 3.71. The van der Waals surface area contributed by atoms with Gasteiger partial charge in [-0.1, -0.05) is 30.3 Å². The number of benzene rings is 2. The number of hydrogen-bond acceptors (Lipinski definition) is 6. The first-order valence-corrected chi connectivity index (χ1v) is 10.6. The Balaban J connectivity index is 1.26. The molecule has 0 saturated carbocycles. The smallest absolute Gasteiger partial charge is 0.414 e. The van der Waals surface area contributed by atoms with Crippen LogP contribution in [0.1, 0.15) is 12.5 Å². The molecule has 2 saturated heterocycles. The standard InChI is InChI=1S/C23H25FN4O5/c1-15(29)25-10-19-13-28(23(31)33-19)18-7-8-21(20(24)9-18)27-11-17(12-27)26-22(30)32-14-16-5-3-2-4-6-16/h2-9,17,19H,10-14H2,1H3,(H,25,29)(H,26,30)/t19-/m0/s1. The van der Waals surface area contributed by atoms with Crippen molar-refractivity contribution in [1.29, 1.82) is 0 Å². The van der Waals surface area contributed by atoms with Gasteiger partial charge in [-0.15, -0.1) is 0 Å². The number of carbonyl (C=O) groups excluding carboxylic acids is 3. The lowest BCUT2D eigenvalue weighted by Crippen LogP contribution is -2.59. The Hall–Kier alpha value is -3.82. The maximum Gasteiger partial charge on any atom is 0.414 e. The van der Waals surface area contributed by atoms with Crippen molar-refractivity contribution < 1.29 is 28.2 Å². The van der Waals surface area contributed by atoms with Crippen molar-refractivity contribution >= 4 is 29.5 Å². The van der Waals surface area contributed by atoms with Gasteiger partial charge in [0.25, 0.3) is 0 Å². The van der Waals surface area contributed by atoms with Crippen LogP contribution in [0.25, 0.3) is 0 Å². The van der Waals surface area contributed by atoms with Gasteiger partial charge < -0.3 is 25.0 Å². The van der Waals surface area contributed by atoms with Gasteiger partial charge >= 0.3 is 12.2 Å². The Morgan fingerprint density at radius 3 is 2.61 bits per heavy atom. The van der Waals surface area contributed by atoms with E-state index in [1.54, 1.807) is 17.0 Å². The van der Waals surface area contributed by atoms with Crippen LogP contribution in [0, 0.1) is 5.82 Å². The van der Waals surface area contributed by atoms with E-state index in [9.17, 15) is 18.8 Å². The van der Waals surface area contributed by atoms with Gasteiger partial charge in [-0.3, -0.25) is 9.69 Å². The molecule has 2 fully saturated rings. The fraction of sp³-hybridized carbons (Fsp3) is 0.348. The van der Waals surface area contributed by atoms with E-state index in [2.05, 4.69) is 10.6 Å². The summed E-state index contributed by atoms with van der Waals surface area (Å²) in [5, 5.41) is 5.37. The molecule has 3 amide bonds. The first-order chi connectivity index (χ1) is 15.9. The quantitative estimate of drug-likeness (QED) is 0.664. The van der Waals surface area contributed by atoms with Crippen molar-refractivity contribution in [1.82, 2.24) is 10.6 Å². The van der Waals surface area contributed by atoms with E-state index >= 15 is 0 Å². The maximum atomic E-state index is 14.8. The summed E-state index contributed by atoms with van der Waals surface area (Å²) in [6.45, 7) is 2.88. The van der Waals surface area contributed by atoms with Crippen LogP contribution < -0.4 is 20.4 Å². The van der Waals surface area contributed by atoms with Gasteiger partial charge in [0.15, 0.2) is 0 Å². The molecule has 4 rings (SSSR count). The Bertz CT molecular complexity index is 1030. The van der Waals surface area contributed by atoms with Crippen molar-refractivity contribution in [2.45, 2.75) is 25.7 Å². The minimum atomic E-state index is -0.584. The fourth-order valence-electron chi connectivity index (χ4n) is 3.71. The average Bonchev–Trinajstić information content (AvgIpc) is 3.15. The minimum Gasteiger partial charge on any atom is -0.445 e. The summed E-state index contributed by atoms with van der Waals surface area (Å²) in [6, 6.07) is 13.8. The van der Waals surface area contributed by atoms with Crippen LogP contribution in [0.15, 0.2) is 48.5 Å². The zero-order valence-electron chi connectivity index (χ0n) is 18.1. The summed E-state index contributed by atoms with van der Waals surface area (Å²) in [5.41, 5.74) is 1.66. The highest BCUT2D eigenvalue weighted by molar-refractivity contribution is 5.90. The van der Waals surface area contributed by atoms with E-state index in [1.807, 2.05) is 30.3 Å². The molecule has 0 bridgehead atoms. The van der Waals surface area contributed by atoms with Gasteiger partial charge in [0.05, 0.1) is 30.5 Å². The lowest BCUT2D eigenvalue weighted by atomic mass is 10.1. The molecule has 0 aliphatic carbocycles. The van der Waals surface area contributed by atoms with Gasteiger partial charge in [-0.2, -0.15) is 0 Å². The number of hydrogen-bond donors (Lipinski definition) is 2.